The van der Waals surface area contributed by atoms with E-state index >= 15 is 0 Å². The molecular weight excluding hydrogens is 552 g/mol. The van der Waals surface area contributed by atoms with E-state index in [1.54, 1.807) is 18.5 Å². The lowest BCUT2D eigenvalue weighted by Gasteiger charge is -2.31. The van der Waals surface area contributed by atoms with Crippen LogP contribution in [0.1, 0.15) is 38.6 Å². The van der Waals surface area contributed by atoms with Crippen LogP contribution < -0.4 is 10.1 Å². The Bertz CT molecular complexity index is 1430. The number of nitrogens with zero attached hydrogens (tertiary/aromatic N) is 5. The van der Waals surface area contributed by atoms with E-state index in [0.717, 1.165) is 30.7 Å². The van der Waals surface area contributed by atoms with E-state index in [4.69, 9.17) is 9.47 Å². The monoisotopic (exact) mass is 586 g/mol. The number of carbonyl (C=O) groups is 1. The number of rotatable bonds is 9. The molecule has 0 radical (unpaired) electrons. The Hall–Kier alpha value is -3.00. The van der Waals surface area contributed by atoms with Gasteiger partial charge in [0.15, 0.2) is 11.0 Å². The van der Waals surface area contributed by atoms with Crippen molar-refractivity contribution in [3.05, 3.63) is 42.7 Å². The molecule has 1 N–H and O–H groups in total. The summed E-state index contributed by atoms with van der Waals surface area (Å²) in [6.07, 6.45) is 7.99. The van der Waals surface area contributed by atoms with Crippen LogP contribution in [0.3, 0.4) is 0 Å². The van der Waals surface area contributed by atoms with Gasteiger partial charge in [-0.2, -0.15) is 4.31 Å². The minimum absolute atomic E-state index is 0.0653. The lowest BCUT2D eigenvalue weighted by Crippen LogP contribution is -2.40. The minimum atomic E-state index is -3.73. The number of hydrogen-bond acceptors (Lipinski definition) is 9. The first-order valence-corrected chi connectivity index (χ1v) is 15.8. The number of methoxy groups -OCH3 is 1. The Kier molecular flexibility index (Phi) is 9.03. The molecular formula is C27H34N6O5S2. The molecule has 1 aliphatic carbocycles. The van der Waals surface area contributed by atoms with Crippen LogP contribution in [0, 0.1) is 5.92 Å². The van der Waals surface area contributed by atoms with Gasteiger partial charge in [-0.25, -0.2) is 8.42 Å². The molecule has 214 valence electrons. The van der Waals surface area contributed by atoms with Crippen molar-refractivity contribution in [1.82, 2.24) is 24.1 Å². The Labute approximate surface area is 238 Å². The molecule has 1 saturated heterocycles. The van der Waals surface area contributed by atoms with E-state index in [9.17, 15) is 13.2 Å². The second kappa shape index (κ2) is 12.7. The highest BCUT2D eigenvalue weighted by molar-refractivity contribution is 7.99. The first-order valence-electron chi connectivity index (χ1n) is 13.4. The summed E-state index contributed by atoms with van der Waals surface area (Å²) in [4.78, 5) is 17.5. The van der Waals surface area contributed by atoms with Crippen molar-refractivity contribution in [3.8, 4) is 17.1 Å². The van der Waals surface area contributed by atoms with Crippen molar-refractivity contribution in [2.45, 2.75) is 48.7 Å². The van der Waals surface area contributed by atoms with E-state index in [0.29, 0.717) is 35.7 Å². The van der Waals surface area contributed by atoms with Crippen LogP contribution in [0.2, 0.25) is 0 Å². The molecule has 2 atom stereocenters. The quantitative estimate of drug-likeness (QED) is 0.372. The molecule has 3 aromatic rings. The molecule has 0 bridgehead atoms. The summed E-state index contributed by atoms with van der Waals surface area (Å²) in [7, 11) is -2.26. The average molecular weight is 587 g/mol. The first-order chi connectivity index (χ1) is 19.4. The zero-order valence-electron chi connectivity index (χ0n) is 22.7. The number of anilines is 1. The van der Waals surface area contributed by atoms with Crippen molar-refractivity contribution >= 4 is 33.4 Å². The van der Waals surface area contributed by atoms with Gasteiger partial charge in [-0.3, -0.25) is 14.3 Å². The number of sulfonamides is 1. The summed E-state index contributed by atoms with van der Waals surface area (Å²) in [6, 6.07) is 8.55. The molecule has 3 heterocycles. The fourth-order valence-corrected chi connectivity index (χ4v) is 7.47. The van der Waals surface area contributed by atoms with Crippen LogP contribution in [0.15, 0.2) is 52.8 Å². The highest BCUT2D eigenvalue weighted by atomic mass is 32.2. The molecule has 0 unspecified atom stereocenters. The van der Waals surface area contributed by atoms with Gasteiger partial charge in [0.2, 0.25) is 15.9 Å². The Morgan fingerprint density at radius 2 is 1.98 bits per heavy atom. The van der Waals surface area contributed by atoms with Gasteiger partial charge >= 0.3 is 0 Å². The number of ether oxygens (including phenoxy) is 2. The number of benzene rings is 1. The third-order valence-corrected chi connectivity index (χ3v) is 10.2. The summed E-state index contributed by atoms with van der Waals surface area (Å²) < 4.78 is 40.6. The highest BCUT2D eigenvalue weighted by Gasteiger charge is 2.30. The highest BCUT2D eigenvalue weighted by Crippen LogP contribution is 2.39. The van der Waals surface area contributed by atoms with Gasteiger partial charge in [0, 0.05) is 37.1 Å². The predicted molar refractivity (Wildman–Crippen MR) is 152 cm³/mol. The molecule has 1 aromatic carbocycles. The number of morpholine rings is 1. The van der Waals surface area contributed by atoms with E-state index in [1.165, 1.54) is 41.7 Å². The summed E-state index contributed by atoms with van der Waals surface area (Å²) in [5, 5.41) is 12.5. The number of aromatic nitrogens is 4. The van der Waals surface area contributed by atoms with Gasteiger partial charge < -0.3 is 14.8 Å². The van der Waals surface area contributed by atoms with Crippen LogP contribution in [0.5, 0.6) is 5.75 Å². The lowest BCUT2D eigenvalue weighted by atomic mass is 9.85. The second-order valence-electron chi connectivity index (χ2n) is 9.96. The first kappa shape index (κ1) is 28.5. The third kappa shape index (κ3) is 6.17. The predicted octanol–water partition coefficient (Wildman–Crippen LogP) is 3.85. The summed E-state index contributed by atoms with van der Waals surface area (Å²) >= 11 is 1.31. The van der Waals surface area contributed by atoms with Gasteiger partial charge in [-0.15, -0.1) is 10.2 Å². The van der Waals surface area contributed by atoms with Crippen LogP contribution in [-0.2, 0) is 19.6 Å². The van der Waals surface area contributed by atoms with Crippen LogP contribution in [0.25, 0.3) is 11.4 Å². The molecule has 2 aromatic heterocycles. The second-order valence-corrected chi connectivity index (χ2v) is 12.8. The SMILES string of the molecule is COc1ccc(S(=O)(=O)N2CCOCC2)cc1NC(=O)CSc1nnc(-c2cccnc2)n1[C@@H]1CCCC[C@H]1C. The third-order valence-electron chi connectivity index (χ3n) is 7.37. The number of thioether (sulfide) groups is 1. The zero-order valence-corrected chi connectivity index (χ0v) is 24.3. The maximum atomic E-state index is 13.2. The van der Waals surface area contributed by atoms with Crippen molar-refractivity contribution < 1.29 is 22.7 Å². The fourth-order valence-electron chi connectivity index (χ4n) is 5.24. The molecule has 1 aliphatic heterocycles. The molecule has 2 aliphatic rings. The molecule has 1 amide bonds. The Morgan fingerprint density at radius 3 is 2.70 bits per heavy atom. The van der Waals surface area contributed by atoms with Crippen molar-refractivity contribution in [2.24, 2.45) is 5.92 Å². The maximum absolute atomic E-state index is 13.2. The summed E-state index contributed by atoms with van der Waals surface area (Å²) in [5.41, 5.74) is 1.17. The van der Waals surface area contributed by atoms with Gasteiger partial charge in [0.1, 0.15) is 5.75 Å². The summed E-state index contributed by atoms with van der Waals surface area (Å²) in [5.74, 6) is 1.33. The number of nitrogens with one attached hydrogen (secondary N) is 1. The van der Waals surface area contributed by atoms with Gasteiger partial charge in [0.25, 0.3) is 0 Å². The lowest BCUT2D eigenvalue weighted by molar-refractivity contribution is -0.113. The molecule has 13 heteroatoms. The van der Waals surface area contributed by atoms with Crippen molar-refractivity contribution in [2.75, 3.05) is 44.5 Å². The fraction of sp³-hybridized carbons (Fsp3) is 0.481. The molecule has 11 nitrogen and oxygen atoms in total. The van der Waals surface area contributed by atoms with Gasteiger partial charge in [0.05, 0.1) is 36.7 Å². The molecule has 0 spiro atoms. The number of hydrogen-bond donors (Lipinski definition) is 1. The molecule has 5 rings (SSSR count). The minimum Gasteiger partial charge on any atom is -0.495 e. The number of carbonyl (C=O) groups excluding carboxylic acids is 1. The van der Waals surface area contributed by atoms with E-state index in [1.807, 2.05) is 12.1 Å². The summed E-state index contributed by atoms with van der Waals surface area (Å²) in [6.45, 7) is 3.52. The van der Waals surface area contributed by atoms with E-state index < -0.39 is 10.0 Å². The van der Waals surface area contributed by atoms with Crippen molar-refractivity contribution in [3.63, 3.8) is 0 Å². The van der Waals surface area contributed by atoms with Crippen LogP contribution in [-0.4, -0.2) is 77.5 Å². The standard InChI is InChI=1S/C27H34N6O5S2/c1-19-6-3-4-8-23(19)33-26(20-7-5-11-28-17-20)30-31-27(33)39-18-25(34)29-22-16-21(9-10-24(22)37-2)40(35,36)32-12-14-38-15-13-32/h5,7,9-11,16-17,19,23H,3-4,6,8,12-15,18H2,1-2H3,(H,29,34)/t19-,23-/m1/s1. The molecule has 2 fully saturated rings. The van der Waals surface area contributed by atoms with E-state index in [2.05, 4.69) is 32.0 Å². The van der Waals surface area contributed by atoms with Crippen molar-refractivity contribution in [1.29, 1.82) is 0 Å². The number of pyridine rings is 1. The van der Waals surface area contributed by atoms with Gasteiger partial charge in [-0.05, 0) is 49.1 Å². The topological polar surface area (TPSA) is 129 Å². The zero-order chi connectivity index (χ0) is 28.1. The maximum Gasteiger partial charge on any atom is 0.243 e. The normalized spacial score (nSPS) is 20.2. The average Bonchev–Trinajstić information content (AvgIpc) is 3.41. The smallest absolute Gasteiger partial charge is 0.243 e. The van der Waals surface area contributed by atoms with E-state index in [-0.39, 0.29) is 35.7 Å². The molecule has 40 heavy (non-hydrogen) atoms. The van der Waals surface area contributed by atoms with Crippen LogP contribution in [0.4, 0.5) is 5.69 Å². The molecule has 1 saturated carbocycles. The largest absolute Gasteiger partial charge is 0.495 e. The van der Waals surface area contributed by atoms with Crippen LogP contribution >= 0.6 is 11.8 Å². The Morgan fingerprint density at radius 1 is 1.18 bits per heavy atom. The van der Waals surface area contributed by atoms with Gasteiger partial charge in [-0.1, -0.05) is 31.5 Å². The number of amides is 1. The Balaban J connectivity index is 1.35.